The van der Waals surface area contributed by atoms with E-state index in [0.29, 0.717) is 11.4 Å². The molecule has 0 aromatic carbocycles. The summed E-state index contributed by atoms with van der Waals surface area (Å²) in [5.41, 5.74) is 0.630. The van der Waals surface area contributed by atoms with Crippen molar-refractivity contribution in [2.24, 2.45) is 0 Å². The molecule has 0 aliphatic heterocycles. The fourth-order valence-electron chi connectivity index (χ4n) is 0.890. The molecule has 4 nitrogen and oxygen atoms in total. The number of nitriles is 1. The monoisotopic (exact) mass is 218 g/mol. The first kappa shape index (κ1) is 11.1. The summed E-state index contributed by atoms with van der Waals surface area (Å²) in [6, 6.07) is 1.80. The van der Waals surface area contributed by atoms with Crippen LogP contribution in [0.2, 0.25) is 5.28 Å². The number of aromatic nitrogens is 3. The Morgan fingerprint density at radius 3 is 2.60 bits per heavy atom. The molecule has 1 rings (SSSR count). The molecule has 0 saturated heterocycles. The molecule has 1 aromatic heterocycles. The van der Waals surface area contributed by atoms with Crippen LogP contribution < -0.4 is 0 Å². The number of allylic oxidation sites excluding steroid dienone is 4. The highest BCUT2D eigenvalue weighted by atomic mass is 35.5. The zero-order valence-corrected chi connectivity index (χ0v) is 8.57. The average Bonchev–Trinajstić information content (AvgIpc) is 2.24. The molecule has 0 atom stereocenters. The molecule has 0 amide bonds. The van der Waals surface area contributed by atoms with Crippen molar-refractivity contribution in [2.45, 2.75) is 0 Å². The third kappa shape index (κ3) is 2.73. The van der Waals surface area contributed by atoms with E-state index in [1.165, 1.54) is 0 Å². The number of rotatable bonds is 3. The largest absolute Gasteiger partial charge is 0.237 e. The Balaban J connectivity index is 3.31. The normalized spacial score (nSPS) is 10.5. The minimum Gasteiger partial charge on any atom is -0.199 e. The number of halogens is 1. The number of hydrogen-bond acceptors (Lipinski definition) is 4. The molecule has 0 fully saturated rings. The molecule has 1 aromatic rings. The van der Waals surface area contributed by atoms with Crippen LogP contribution in [-0.2, 0) is 0 Å². The first-order chi connectivity index (χ1) is 7.21. The summed E-state index contributed by atoms with van der Waals surface area (Å²) in [6.45, 7) is 7.14. The third-order valence-corrected chi connectivity index (χ3v) is 1.65. The summed E-state index contributed by atoms with van der Waals surface area (Å²) < 4.78 is 0. The van der Waals surface area contributed by atoms with Gasteiger partial charge in [-0.15, -0.1) is 0 Å². The van der Waals surface area contributed by atoms with Crippen LogP contribution in [0.5, 0.6) is 0 Å². The lowest BCUT2D eigenvalue weighted by molar-refractivity contribution is 0.991. The van der Waals surface area contributed by atoms with Gasteiger partial charge in [-0.3, -0.25) is 0 Å². The predicted molar refractivity (Wildman–Crippen MR) is 57.9 cm³/mol. The van der Waals surface area contributed by atoms with Gasteiger partial charge in [0.05, 0.1) is 0 Å². The van der Waals surface area contributed by atoms with Gasteiger partial charge in [0.1, 0.15) is 6.07 Å². The second kappa shape index (κ2) is 5.03. The molecule has 15 heavy (non-hydrogen) atoms. The predicted octanol–water partition coefficient (Wildman–Crippen LogP) is 2.15. The Morgan fingerprint density at radius 1 is 1.33 bits per heavy atom. The van der Waals surface area contributed by atoms with Crippen LogP contribution in [-0.4, -0.2) is 15.0 Å². The van der Waals surface area contributed by atoms with E-state index in [-0.39, 0.29) is 11.1 Å². The topological polar surface area (TPSA) is 62.5 Å². The molecular weight excluding hydrogens is 212 g/mol. The Kier molecular flexibility index (Phi) is 3.72. The van der Waals surface area contributed by atoms with Gasteiger partial charge in [-0.25, -0.2) is 0 Å². The standard InChI is InChI=1S/C10H7ClN4/c1-3-5-7(4-2)9-13-8(6-12)14-10(11)15-9/h3-5H,1-2H2/b7-5+. The lowest BCUT2D eigenvalue weighted by atomic mass is 10.2. The van der Waals surface area contributed by atoms with Gasteiger partial charge < -0.3 is 0 Å². The highest BCUT2D eigenvalue weighted by Gasteiger charge is 2.06. The maximum Gasteiger partial charge on any atom is 0.237 e. The van der Waals surface area contributed by atoms with Crippen molar-refractivity contribution in [3.05, 3.63) is 48.3 Å². The first-order valence-corrected chi connectivity index (χ1v) is 4.36. The van der Waals surface area contributed by atoms with Crippen molar-refractivity contribution in [1.29, 1.82) is 5.26 Å². The molecular formula is C10H7ClN4. The lowest BCUT2D eigenvalue weighted by Gasteiger charge is -1.99. The Hall–Kier alpha value is -1.99. The molecule has 74 valence electrons. The zero-order chi connectivity index (χ0) is 11.3. The van der Waals surface area contributed by atoms with Crippen molar-refractivity contribution in [3.8, 4) is 6.07 Å². The summed E-state index contributed by atoms with van der Waals surface area (Å²) in [6.07, 6.45) is 4.79. The lowest BCUT2D eigenvalue weighted by Crippen LogP contribution is -1.99. The first-order valence-electron chi connectivity index (χ1n) is 3.98. The molecule has 0 aliphatic carbocycles. The fourth-order valence-corrected chi connectivity index (χ4v) is 1.05. The second-order valence-electron chi connectivity index (χ2n) is 2.43. The van der Waals surface area contributed by atoms with Crippen LogP contribution in [0.1, 0.15) is 11.6 Å². The molecule has 1 heterocycles. The minimum atomic E-state index is -0.0261. The summed E-state index contributed by atoms with van der Waals surface area (Å²) in [4.78, 5) is 11.4. The molecule has 0 N–H and O–H groups in total. The van der Waals surface area contributed by atoms with Crippen LogP contribution in [0.15, 0.2) is 31.4 Å². The van der Waals surface area contributed by atoms with Gasteiger partial charge >= 0.3 is 0 Å². The summed E-state index contributed by atoms with van der Waals surface area (Å²) in [7, 11) is 0. The van der Waals surface area contributed by atoms with Gasteiger partial charge in [0.25, 0.3) is 0 Å². The van der Waals surface area contributed by atoms with Gasteiger partial charge in [-0.1, -0.05) is 31.4 Å². The molecule has 5 heteroatoms. The smallest absolute Gasteiger partial charge is 0.199 e. The SMILES string of the molecule is C=C/C=C(\C=C)c1nc(Cl)nc(C#N)n1. The highest BCUT2D eigenvalue weighted by molar-refractivity contribution is 6.28. The third-order valence-electron chi connectivity index (χ3n) is 1.48. The van der Waals surface area contributed by atoms with Crippen LogP contribution in [0, 0.1) is 11.3 Å². The summed E-state index contributed by atoms with van der Waals surface area (Å²) in [5, 5.41) is 8.62. The van der Waals surface area contributed by atoms with Crippen molar-refractivity contribution < 1.29 is 0 Å². The van der Waals surface area contributed by atoms with Crippen molar-refractivity contribution >= 4 is 17.2 Å². The average molecular weight is 219 g/mol. The Labute approximate surface area is 92.3 Å². The van der Waals surface area contributed by atoms with Crippen LogP contribution in [0.25, 0.3) is 5.57 Å². The number of hydrogen-bond donors (Lipinski definition) is 0. The molecule has 0 aliphatic rings. The van der Waals surface area contributed by atoms with Crippen molar-refractivity contribution in [2.75, 3.05) is 0 Å². The van der Waals surface area contributed by atoms with Gasteiger partial charge in [0.15, 0.2) is 5.82 Å². The maximum absolute atomic E-state index is 8.64. The fraction of sp³-hybridized carbons (Fsp3) is 0. The minimum absolute atomic E-state index is 0.0200. The van der Waals surface area contributed by atoms with E-state index < -0.39 is 0 Å². The van der Waals surface area contributed by atoms with E-state index in [0.717, 1.165) is 0 Å². The van der Waals surface area contributed by atoms with E-state index >= 15 is 0 Å². The maximum atomic E-state index is 8.64. The summed E-state index contributed by atoms with van der Waals surface area (Å²) in [5.74, 6) is 0.281. The molecule has 0 saturated carbocycles. The van der Waals surface area contributed by atoms with Crippen LogP contribution >= 0.6 is 11.6 Å². The number of nitrogens with zero attached hydrogens (tertiary/aromatic N) is 4. The Morgan fingerprint density at radius 2 is 2.07 bits per heavy atom. The van der Waals surface area contributed by atoms with Crippen LogP contribution in [0.3, 0.4) is 0 Å². The van der Waals surface area contributed by atoms with Gasteiger partial charge in [-0.05, 0) is 11.6 Å². The van der Waals surface area contributed by atoms with E-state index in [1.54, 1.807) is 24.3 Å². The van der Waals surface area contributed by atoms with Crippen LogP contribution in [0.4, 0.5) is 0 Å². The molecule has 0 radical (unpaired) electrons. The molecule has 0 unspecified atom stereocenters. The molecule has 0 spiro atoms. The zero-order valence-electron chi connectivity index (χ0n) is 7.81. The van der Waals surface area contributed by atoms with Crippen molar-refractivity contribution in [1.82, 2.24) is 15.0 Å². The van der Waals surface area contributed by atoms with Crippen molar-refractivity contribution in [3.63, 3.8) is 0 Å². The van der Waals surface area contributed by atoms with Gasteiger partial charge in [0, 0.05) is 5.57 Å². The van der Waals surface area contributed by atoms with Gasteiger partial charge in [0.2, 0.25) is 11.1 Å². The Bertz CT molecular complexity index is 471. The van der Waals surface area contributed by atoms with E-state index in [1.807, 2.05) is 0 Å². The highest BCUT2D eigenvalue weighted by Crippen LogP contribution is 2.12. The van der Waals surface area contributed by atoms with E-state index in [2.05, 4.69) is 28.1 Å². The molecule has 0 bridgehead atoms. The van der Waals surface area contributed by atoms with Gasteiger partial charge in [-0.2, -0.15) is 20.2 Å². The second-order valence-corrected chi connectivity index (χ2v) is 2.76. The van der Waals surface area contributed by atoms with E-state index in [4.69, 9.17) is 16.9 Å². The van der Waals surface area contributed by atoms with E-state index in [9.17, 15) is 0 Å². The summed E-state index contributed by atoms with van der Waals surface area (Å²) >= 11 is 5.63. The quantitative estimate of drug-likeness (QED) is 0.730.